The Morgan fingerprint density at radius 3 is 1.92 bits per heavy atom. The quantitative estimate of drug-likeness (QED) is 0.407. The molecule has 0 bridgehead atoms. The van der Waals surface area contributed by atoms with Crippen molar-refractivity contribution in [1.82, 2.24) is 14.7 Å². The van der Waals surface area contributed by atoms with Gasteiger partial charge >= 0.3 is 6.18 Å². The second kappa shape index (κ2) is 9.76. The van der Waals surface area contributed by atoms with E-state index in [9.17, 15) is 22.8 Å². The monoisotopic (exact) mass is 491 g/mol. The average Bonchev–Trinajstić information content (AvgIpc) is 2.88. The number of rotatable bonds is 4. The lowest BCUT2D eigenvalue weighted by molar-refractivity contribution is -0.137. The molecule has 0 spiro atoms. The standard InChI is InChI=1S/C28H24F3N3O2/c29-28(30,31)22-11-9-20(10-12-22)4-3-13-32-14-16-33(17-15-32)18-19-34-26(35)23-7-1-5-21-6-2-8-24(25(21)23)27(34)36/h1-2,5-12H,13-19H2. The molecule has 5 nitrogen and oxygen atoms in total. The fraction of sp³-hybridized carbons (Fsp3) is 0.286. The van der Waals surface area contributed by atoms with Crippen molar-refractivity contribution in [3.8, 4) is 11.8 Å². The van der Waals surface area contributed by atoms with Crippen molar-refractivity contribution in [1.29, 1.82) is 0 Å². The minimum atomic E-state index is -4.35. The summed E-state index contributed by atoms with van der Waals surface area (Å²) in [6.07, 6.45) is -4.35. The first-order chi connectivity index (χ1) is 17.3. The fourth-order valence-corrected chi connectivity index (χ4v) is 4.69. The minimum absolute atomic E-state index is 0.249. The van der Waals surface area contributed by atoms with E-state index < -0.39 is 11.7 Å². The van der Waals surface area contributed by atoms with Gasteiger partial charge in [-0.25, -0.2) is 0 Å². The number of carbonyl (C=O) groups is 2. The maximum atomic E-state index is 13.0. The smallest absolute Gasteiger partial charge is 0.299 e. The highest BCUT2D eigenvalue weighted by Crippen LogP contribution is 2.30. The molecule has 0 unspecified atom stereocenters. The molecular formula is C28H24F3N3O2. The zero-order valence-corrected chi connectivity index (χ0v) is 19.5. The van der Waals surface area contributed by atoms with Crippen LogP contribution in [0.25, 0.3) is 10.8 Å². The van der Waals surface area contributed by atoms with Crippen molar-refractivity contribution in [2.75, 3.05) is 45.8 Å². The summed E-state index contributed by atoms with van der Waals surface area (Å²) in [6.45, 7) is 4.59. The van der Waals surface area contributed by atoms with Gasteiger partial charge in [0.2, 0.25) is 0 Å². The van der Waals surface area contributed by atoms with Gasteiger partial charge in [0.25, 0.3) is 11.8 Å². The zero-order valence-electron chi connectivity index (χ0n) is 19.5. The topological polar surface area (TPSA) is 43.9 Å². The normalized spacial score (nSPS) is 16.8. The lowest BCUT2D eigenvalue weighted by Crippen LogP contribution is -2.50. The van der Waals surface area contributed by atoms with E-state index in [-0.39, 0.29) is 11.8 Å². The van der Waals surface area contributed by atoms with E-state index in [1.807, 2.05) is 24.3 Å². The number of piperazine rings is 1. The van der Waals surface area contributed by atoms with Crippen molar-refractivity contribution in [3.05, 3.63) is 82.9 Å². The second-order valence-corrected chi connectivity index (χ2v) is 8.97. The number of nitrogens with zero attached hydrogens (tertiary/aromatic N) is 3. The van der Waals surface area contributed by atoms with E-state index >= 15 is 0 Å². The third kappa shape index (κ3) is 4.85. The van der Waals surface area contributed by atoms with Crippen molar-refractivity contribution in [2.24, 2.45) is 0 Å². The van der Waals surface area contributed by atoms with Crippen LogP contribution in [0.2, 0.25) is 0 Å². The zero-order chi connectivity index (χ0) is 25.3. The van der Waals surface area contributed by atoms with Crippen LogP contribution in [-0.4, -0.2) is 72.3 Å². The summed E-state index contributed by atoms with van der Waals surface area (Å²) in [4.78, 5) is 31.8. The molecule has 0 atom stereocenters. The Bertz CT molecular complexity index is 1310. The van der Waals surface area contributed by atoms with Crippen LogP contribution in [0, 0.1) is 11.8 Å². The molecule has 2 heterocycles. The third-order valence-electron chi connectivity index (χ3n) is 6.71. The molecule has 1 fully saturated rings. The molecule has 0 aliphatic carbocycles. The van der Waals surface area contributed by atoms with Crippen LogP contribution in [0.4, 0.5) is 13.2 Å². The Morgan fingerprint density at radius 1 is 0.750 bits per heavy atom. The van der Waals surface area contributed by atoms with Crippen molar-refractivity contribution < 1.29 is 22.8 Å². The number of carbonyl (C=O) groups excluding carboxylic acids is 2. The van der Waals surface area contributed by atoms with E-state index in [2.05, 4.69) is 21.6 Å². The first kappa shape index (κ1) is 24.0. The van der Waals surface area contributed by atoms with Gasteiger partial charge in [-0.3, -0.25) is 24.3 Å². The Balaban J connectivity index is 1.12. The first-order valence-corrected chi connectivity index (χ1v) is 11.8. The molecule has 5 rings (SSSR count). The molecule has 0 radical (unpaired) electrons. The highest BCUT2D eigenvalue weighted by atomic mass is 19.4. The highest BCUT2D eigenvalue weighted by molar-refractivity contribution is 6.25. The number of halogens is 3. The van der Waals surface area contributed by atoms with Crippen LogP contribution in [-0.2, 0) is 6.18 Å². The highest BCUT2D eigenvalue weighted by Gasteiger charge is 2.33. The Kier molecular flexibility index (Phi) is 6.52. The molecule has 0 N–H and O–H groups in total. The molecule has 0 saturated carbocycles. The Labute approximate surface area is 207 Å². The van der Waals surface area contributed by atoms with Crippen LogP contribution >= 0.6 is 0 Å². The van der Waals surface area contributed by atoms with Gasteiger partial charge in [0.05, 0.1) is 12.1 Å². The molecule has 3 aromatic rings. The summed E-state index contributed by atoms with van der Waals surface area (Å²) >= 11 is 0. The number of hydrogen-bond donors (Lipinski definition) is 0. The largest absolute Gasteiger partial charge is 0.416 e. The molecule has 2 amide bonds. The average molecular weight is 492 g/mol. The van der Waals surface area contributed by atoms with E-state index in [4.69, 9.17) is 0 Å². The van der Waals surface area contributed by atoms with Crippen LogP contribution in [0.1, 0.15) is 31.8 Å². The lowest BCUT2D eigenvalue weighted by atomic mass is 9.94. The van der Waals surface area contributed by atoms with Crippen LogP contribution in [0.3, 0.4) is 0 Å². The van der Waals surface area contributed by atoms with Crippen molar-refractivity contribution in [2.45, 2.75) is 6.18 Å². The summed E-state index contributed by atoms with van der Waals surface area (Å²) in [5.74, 6) is 5.46. The maximum absolute atomic E-state index is 13.0. The van der Waals surface area contributed by atoms with Gasteiger partial charge in [0.1, 0.15) is 0 Å². The predicted molar refractivity (Wildman–Crippen MR) is 131 cm³/mol. The minimum Gasteiger partial charge on any atom is -0.299 e. The SMILES string of the molecule is O=C1c2cccc3cccc(c23)C(=O)N1CCN1CCN(CC#Cc2ccc(C(F)(F)F)cc2)CC1. The molecule has 8 heteroatoms. The van der Waals surface area contributed by atoms with E-state index in [0.29, 0.717) is 36.3 Å². The summed E-state index contributed by atoms with van der Waals surface area (Å²) < 4.78 is 38.0. The van der Waals surface area contributed by atoms with Gasteiger partial charge in [-0.15, -0.1) is 0 Å². The summed E-state index contributed by atoms with van der Waals surface area (Å²) in [5, 5.41) is 1.63. The molecule has 2 aliphatic rings. The van der Waals surface area contributed by atoms with Gasteiger partial charge in [-0.1, -0.05) is 36.1 Å². The summed E-state index contributed by atoms with van der Waals surface area (Å²) in [7, 11) is 0. The first-order valence-electron chi connectivity index (χ1n) is 11.8. The van der Waals surface area contributed by atoms with Gasteiger partial charge in [-0.05, 0) is 41.8 Å². The third-order valence-corrected chi connectivity index (χ3v) is 6.71. The molecule has 3 aromatic carbocycles. The van der Waals surface area contributed by atoms with Gasteiger partial charge in [0.15, 0.2) is 0 Å². The Hall–Kier alpha value is -3.67. The summed E-state index contributed by atoms with van der Waals surface area (Å²) in [5.41, 5.74) is 1.01. The van der Waals surface area contributed by atoms with E-state index in [1.165, 1.54) is 17.0 Å². The number of amides is 2. The molecule has 1 saturated heterocycles. The molecular weight excluding hydrogens is 467 g/mol. The van der Waals surface area contributed by atoms with Crippen molar-refractivity contribution in [3.63, 3.8) is 0 Å². The molecule has 2 aliphatic heterocycles. The molecule has 184 valence electrons. The number of benzene rings is 3. The van der Waals surface area contributed by atoms with Crippen LogP contribution < -0.4 is 0 Å². The van der Waals surface area contributed by atoms with Gasteiger partial charge in [0, 0.05) is 61.3 Å². The molecule has 0 aromatic heterocycles. The van der Waals surface area contributed by atoms with Gasteiger partial charge in [-0.2, -0.15) is 13.2 Å². The second-order valence-electron chi connectivity index (χ2n) is 8.97. The van der Waals surface area contributed by atoms with E-state index in [1.54, 1.807) is 12.1 Å². The number of imide groups is 1. The van der Waals surface area contributed by atoms with Crippen LogP contribution in [0.5, 0.6) is 0 Å². The van der Waals surface area contributed by atoms with Crippen LogP contribution in [0.15, 0.2) is 60.7 Å². The van der Waals surface area contributed by atoms with E-state index in [0.717, 1.165) is 49.1 Å². The predicted octanol–water partition coefficient (Wildman–Crippen LogP) is 4.12. The van der Waals surface area contributed by atoms with Gasteiger partial charge < -0.3 is 0 Å². The molecule has 36 heavy (non-hydrogen) atoms. The summed E-state index contributed by atoms with van der Waals surface area (Å²) in [6, 6.07) is 15.9. The Morgan fingerprint density at radius 2 is 1.33 bits per heavy atom. The number of hydrogen-bond acceptors (Lipinski definition) is 4. The maximum Gasteiger partial charge on any atom is 0.416 e. The fourth-order valence-electron chi connectivity index (χ4n) is 4.69. The van der Waals surface area contributed by atoms with Crippen molar-refractivity contribution >= 4 is 22.6 Å². The number of alkyl halides is 3. The lowest BCUT2D eigenvalue weighted by Gasteiger charge is -2.35.